The fourth-order valence-corrected chi connectivity index (χ4v) is 0.0430. The topological polar surface area (TPSA) is 85.9 Å². The molecule has 0 rings (SSSR count). The van der Waals surface area contributed by atoms with Gasteiger partial charge in [-0.1, -0.05) is 0 Å². The number of hydrogen-bond acceptors (Lipinski definition) is 3. The minimum Gasteiger partial charge on any atom is -1.00 e. The second-order valence-electron chi connectivity index (χ2n) is 0.983. The minimum absolute atomic E-state index is 0. The number of quaternary nitrogens is 1. The van der Waals surface area contributed by atoms with E-state index in [1.165, 1.54) is 0 Å². The number of halogens is 1. The van der Waals surface area contributed by atoms with Crippen LogP contribution in [0, 0.1) is 5.21 Å². The van der Waals surface area contributed by atoms with Gasteiger partial charge in [-0.25, -0.2) is 0 Å². The first-order chi connectivity index (χ1) is 2.81. The second-order valence-corrected chi connectivity index (χ2v) is 0.983. The van der Waals surface area contributed by atoms with Crippen molar-refractivity contribution in [3.8, 4) is 0 Å². The molecule has 0 aromatic heterocycles. The van der Waals surface area contributed by atoms with Crippen molar-refractivity contribution in [2.75, 3.05) is 6.61 Å². The zero-order chi connectivity index (χ0) is 4.99. The molecule has 46 valence electrons. The molecule has 0 radical (unpaired) electrons. The molecule has 0 heterocycles. The van der Waals surface area contributed by atoms with E-state index in [0.717, 1.165) is 0 Å². The molecule has 0 aromatic rings. The zero-order valence-electron chi connectivity index (χ0n) is 3.67. The van der Waals surface area contributed by atoms with Gasteiger partial charge >= 0.3 is 0 Å². The van der Waals surface area contributed by atoms with Crippen molar-refractivity contribution < 1.29 is 34.6 Å². The van der Waals surface area contributed by atoms with Crippen LogP contribution in [-0.2, 0) is 0 Å². The Kier molecular flexibility index (Phi) is 9.89. The summed E-state index contributed by atoms with van der Waals surface area (Å²) in [6, 6.07) is 0. The van der Waals surface area contributed by atoms with Crippen LogP contribution in [0.3, 0.4) is 0 Å². The van der Waals surface area contributed by atoms with Gasteiger partial charge in [0.2, 0.25) is 0 Å². The standard InChI is InChI=1S/C2H8N2O2.HI/c3-2(1-5)4-6;/h2,5H,1,3-4H2;1H/p-1. The monoisotopic (exact) mass is 219 g/mol. The average Bonchev–Trinajstić information content (AvgIpc) is 1.65. The van der Waals surface area contributed by atoms with Crippen LogP contribution in [0.4, 0.5) is 0 Å². The normalized spacial score (nSPS) is 12.4. The first-order valence-electron chi connectivity index (χ1n) is 1.63. The summed E-state index contributed by atoms with van der Waals surface area (Å²) in [6.07, 6.45) is -0.690. The fourth-order valence-electron chi connectivity index (χ4n) is 0.0430. The van der Waals surface area contributed by atoms with Gasteiger partial charge in [-0.3, -0.25) is 5.73 Å². The van der Waals surface area contributed by atoms with Crippen LogP contribution in [0.15, 0.2) is 0 Å². The fraction of sp³-hybridized carbons (Fsp3) is 1.00. The molecule has 7 heavy (non-hydrogen) atoms. The first-order valence-corrected chi connectivity index (χ1v) is 1.63. The van der Waals surface area contributed by atoms with E-state index in [2.05, 4.69) is 0 Å². The lowest BCUT2D eigenvalue weighted by Crippen LogP contribution is -3.00. The molecule has 0 aromatic carbocycles. The van der Waals surface area contributed by atoms with Gasteiger partial charge in [0.15, 0.2) is 6.17 Å². The highest BCUT2D eigenvalue weighted by Gasteiger charge is 1.90. The smallest absolute Gasteiger partial charge is 0.160 e. The minimum atomic E-state index is -0.690. The van der Waals surface area contributed by atoms with Crippen molar-refractivity contribution in [2.24, 2.45) is 5.73 Å². The number of aliphatic hydroxyl groups excluding tert-OH is 1. The molecule has 1 unspecified atom stereocenters. The lowest BCUT2D eigenvalue weighted by atomic mass is 10.6. The van der Waals surface area contributed by atoms with Gasteiger partial charge in [0, 0.05) is 0 Å². The Balaban J connectivity index is 0. The Morgan fingerprint density at radius 3 is 2.29 bits per heavy atom. The van der Waals surface area contributed by atoms with Crippen LogP contribution in [0.25, 0.3) is 0 Å². The van der Waals surface area contributed by atoms with E-state index in [-0.39, 0.29) is 30.6 Å². The summed E-state index contributed by atoms with van der Waals surface area (Å²) < 4.78 is 0. The van der Waals surface area contributed by atoms with Crippen molar-refractivity contribution in [3.05, 3.63) is 5.21 Å². The Hall–Kier alpha value is 0.570. The van der Waals surface area contributed by atoms with Crippen LogP contribution in [-0.4, -0.2) is 17.9 Å². The third-order valence-corrected chi connectivity index (χ3v) is 0.386. The molecule has 1 atom stereocenters. The molecule has 0 aliphatic carbocycles. The Morgan fingerprint density at radius 2 is 2.29 bits per heavy atom. The third-order valence-electron chi connectivity index (χ3n) is 0.386. The summed E-state index contributed by atoms with van der Waals surface area (Å²) >= 11 is 0. The van der Waals surface area contributed by atoms with Gasteiger partial charge in [0.1, 0.15) is 6.61 Å². The van der Waals surface area contributed by atoms with E-state index < -0.39 is 6.17 Å². The van der Waals surface area contributed by atoms with Gasteiger partial charge in [0.05, 0.1) is 0 Å². The van der Waals surface area contributed by atoms with Crippen LogP contribution >= 0.6 is 0 Å². The molecule has 0 saturated carbocycles. The van der Waals surface area contributed by atoms with E-state index in [0.29, 0.717) is 5.48 Å². The number of nitrogens with two attached hydrogens (primary N) is 2. The lowest BCUT2D eigenvalue weighted by molar-refractivity contribution is -0.628. The van der Waals surface area contributed by atoms with E-state index in [4.69, 9.17) is 10.8 Å². The molecule has 0 bridgehead atoms. The summed E-state index contributed by atoms with van der Waals surface area (Å²) in [6.45, 7) is -0.260. The molecule has 0 fully saturated rings. The van der Waals surface area contributed by atoms with Crippen LogP contribution in [0.5, 0.6) is 0 Å². The van der Waals surface area contributed by atoms with Crippen molar-refractivity contribution >= 4 is 0 Å². The number of rotatable bonds is 2. The molecule has 0 amide bonds. The molecule has 5 N–H and O–H groups in total. The van der Waals surface area contributed by atoms with E-state index >= 15 is 0 Å². The molecule has 0 aliphatic heterocycles. The Morgan fingerprint density at radius 1 is 1.86 bits per heavy atom. The predicted octanol–water partition coefficient (Wildman–Crippen LogP) is -5.67. The average molecular weight is 219 g/mol. The highest BCUT2D eigenvalue weighted by atomic mass is 127. The van der Waals surface area contributed by atoms with Crippen molar-refractivity contribution in [1.82, 2.24) is 0 Å². The molecule has 4 nitrogen and oxygen atoms in total. The molecule has 0 spiro atoms. The maximum absolute atomic E-state index is 9.45. The van der Waals surface area contributed by atoms with E-state index in [1.807, 2.05) is 0 Å². The zero-order valence-corrected chi connectivity index (χ0v) is 5.83. The summed E-state index contributed by atoms with van der Waals surface area (Å²) in [7, 11) is 0. The summed E-state index contributed by atoms with van der Waals surface area (Å²) in [5, 5.41) is 17.4. The van der Waals surface area contributed by atoms with Crippen LogP contribution in [0.2, 0.25) is 0 Å². The van der Waals surface area contributed by atoms with Gasteiger partial charge in [-0.05, 0) is 0 Å². The van der Waals surface area contributed by atoms with Crippen LogP contribution in [0.1, 0.15) is 0 Å². The van der Waals surface area contributed by atoms with Crippen molar-refractivity contribution in [2.45, 2.75) is 6.17 Å². The van der Waals surface area contributed by atoms with Gasteiger partial charge < -0.3 is 39.8 Å². The van der Waals surface area contributed by atoms with Crippen molar-refractivity contribution in [1.29, 1.82) is 0 Å². The summed E-state index contributed by atoms with van der Waals surface area (Å²) in [4.78, 5) is 0. The first kappa shape index (κ1) is 10.5. The third kappa shape index (κ3) is 6.57. The Labute approximate surface area is 58.7 Å². The molecular formula is C2H8IN2O2-. The highest BCUT2D eigenvalue weighted by Crippen LogP contribution is 1.47. The van der Waals surface area contributed by atoms with Gasteiger partial charge in [-0.15, -0.1) is 0 Å². The lowest BCUT2D eigenvalue weighted by Gasteiger charge is -2.06. The maximum atomic E-state index is 9.45. The van der Waals surface area contributed by atoms with Gasteiger partial charge in [0.25, 0.3) is 0 Å². The predicted molar refractivity (Wildman–Crippen MR) is 20.4 cm³/mol. The molecule has 5 heteroatoms. The SMILES string of the molecule is NC(CO)[NH2+][O-].[I-]. The van der Waals surface area contributed by atoms with E-state index in [9.17, 15) is 5.21 Å². The molecule has 0 saturated heterocycles. The molecule has 0 aliphatic rings. The maximum Gasteiger partial charge on any atom is 0.160 e. The largest absolute Gasteiger partial charge is 1.00 e. The van der Waals surface area contributed by atoms with Crippen LogP contribution < -0.4 is 35.2 Å². The highest BCUT2D eigenvalue weighted by molar-refractivity contribution is 4.31. The second kappa shape index (κ2) is 6.57. The quantitative estimate of drug-likeness (QED) is 0.246. The van der Waals surface area contributed by atoms with Gasteiger partial charge in [-0.2, -0.15) is 0 Å². The number of aliphatic hydroxyl groups is 1. The number of hydroxylamine groups is 1. The molecular weight excluding hydrogens is 211 g/mol. The summed E-state index contributed by atoms with van der Waals surface area (Å²) in [5.74, 6) is 0. The van der Waals surface area contributed by atoms with E-state index in [1.54, 1.807) is 0 Å². The number of hydrogen-bond donors (Lipinski definition) is 3. The summed E-state index contributed by atoms with van der Waals surface area (Å²) in [5.41, 5.74) is 5.35. The Bertz CT molecular complexity index is 32.9. The van der Waals surface area contributed by atoms with Crippen molar-refractivity contribution in [3.63, 3.8) is 0 Å².